The van der Waals surface area contributed by atoms with Gasteiger partial charge >= 0.3 is 0 Å². The number of unbranched alkanes of at least 4 members (excludes halogenated alkanes) is 1. The summed E-state index contributed by atoms with van der Waals surface area (Å²) in [6, 6.07) is 10.8. The van der Waals surface area contributed by atoms with Crippen LogP contribution in [0.5, 0.6) is 0 Å². The zero-order valence-corrected chi connectivity index (χ0v) is 20.0. The molecule has 2 heterocycles. The second-order valence-electron chi connectivity index (χ2n) is 8.06. The van der Waals surface area contributed by atoms with E-state index in [1.165, 1.54) is 54.6 Å². The van der Waals surface area contributed by atoms with Crippen LogP contribution in [0.1, 0.15) is 35.2 Å². The van der Waals surface area contributed by atoms with Crippen molar-refractivity contribution in [2.75, 3.05) is 52.9 Å². The SMILES string of the molecule is CCc1cnc(CCNC(=NC)NCCCCN2CCN(Cc3ccccc3)CC2)s1. The van der Waals surface area contributed by atoms with Crippen molar-refractivity contribution < 1.29 is 0 Å². The zero-order chi connectivity index (χ0) is 21.7. The number of guanidine groups is 1. The predicted octanol–water partition coefficient (Wildman–Crippen LogP) is 3.01. The molecule has 1 aromatic heterocycles. The second kappa shape index (κ2) is 13.5. The van der Waals surface area contributed by atoms with E-state index in [0.29, 0.717) is 0 Å². The molecule has 3 rings (SSSR count). The Labute approximate surface area is 191 Å². The molecular formula is C24H38N6S. The highest BCUT2D eigenvalue weighted by Gasteiger charge is 2.16. The summed E-state index contributed by atoms with van der Waals surface area (Å²) in [4.78, 5) is 15.3. The quantitative estimate of drug-likeness (QED) is 0.318. The molecule has 6 nitrogen and oxygen atoms in total. The van der Waals surface area contributed by atoms with Crippen molar-refractivity contribution in [1.82, 2.24) is 25.4 Å². The summed E-state index contributed by atoms with van der Waals surface area (Å²) in [5.74, 6) is 0.891. The van der Waals surface area contributed by atoms with Crippen molar-refractivity contribution in [3.8, 4) is 0 Å². The Morgan fingerprint density at radius 3 is 2.48 bits per heavy atom. The van der Waals surface area contributed by atoms with Gasteiger partial charge < -0.3 is 15.5 Å². The first-order valence-corrected chi connectivity index (χ1v) is 12.4. The molecule has 0 bridgehead atoms. The van der Waals surface area contributed by atoms with E-state index in [0.717, 1.165) is 44.9 Å². The van der Waals surface area contributed by atoms with E-state index in [1.807, 2.05) is 24.6 Å². The molecule has 0 unspecified atom stereocenters. The van der Waals surface area contributed by atoms with Gasteiger partial charge in [0.25, 0.3) is 0 Å². The summed E-state index contributed by atoms with van der Waals surface area (Å²) in [5, 5.41) is 8.04. The number of hydrogen-bond acceptors (Lipinski definition) is 5. The number of rotatable bonds is 11. The number of aliphatic imine (C=N–C) groups is 1. The van der Waals surface area contributed by atoms with Crippen LogP contribution < -0.4 is 10.6 Å². The van der Waals surface area contributed by atoms with E-state index < -0.39 is 0 Å². The molecule has 0 saturated carbocycles. The van der Waals surface area contributed by atoms with Crippen LogP contribution in [0.25, 0.3) is 0 Å². The Morgan fingerprint density at radius 2 is 1.77 bits per heavy atom. The van der Waals surface area contributed by atoms with Gasteiger partial charge in [-0.05, 0) is 31.4 Å². The van der Waals surface area contributed by atoms with E-state index in [4.69, 9.17) is 0 Å². The molecule has 170 valence electrons. The Morgan fingerprint density at radius 1 is 1.03 bits per heavy atom. The summed E-state index contributed by atoms with van der Waals surface area (Å²) in [7, 11) is 1.84. The first kappa shape index (κ1) is 23.7. The van der Waals surface area contributed by atoms with Gasteiger partial charge in [0.05, 0.1) is 5.01 Å². The maximum Gasteiger partial charge on any atom is 0.190 e. The van der Waals surface area contributed by atoms with Crippen LogP contribution in [-0.4, -0.2) is 73.6 Å². The molecule has 2 aromatic rings. The highest BCUT2D eigenvalue weighted by molar-refractivity contribution is 7.11. The second-order valence-corrected chi connectivity index (χ2v) is 9.26. The lowest BCUT2D eigenvalue weighted by Crippen LogP contribution is -2.46. The van der Waals surface area contributed by atoms with E-state index in [2.05, 4.69) is 67.7 Å². The van der Waals surface area contributed by atoms with Crippen LogP contribution in [0, 0.1) is 0 Å². The van der Waals surface area contributed by atoms with E-state index >= 15 is 0 Å². The normalized spacial score (nSPS) is 15.9. The summed E-state index contributed by atoms with van der Waals surface area (Å²) in [5.41, 5.74) is 1.42. The topological polar surface area (TPSA) is 55.8 Å². The zero-order valence-electron chi connectivity index (χ0n) is 19.1. The van der Waals surface area contributed by atoms with Crippen molar-refractivity contribution in [3.63, 3.8) is 0 Å². The van der Waals surface area contributed by atoms with Crippen LogP contribution >= 0.6 is 11.3 Å². The fourth-order valence-electron chi connectivity index (χ4n) is 3.82. The Balaban J connectivity index is 1.21. The van der Waals surface area contributed by atoms with Gasteiger partial charge in [-0.2, -0.15) is 0 Å². The number of benzene rings is 1. The molecule has 2 N–H and O–H groups in total. The Kier molecular flexibility index (Phi) is 10.3. The number of piperazine rings is 1. The van der Waals surface area contributed by atoms with Crippen LogP contribution in [-0.2, 0) is 19.4 Å². The third-order valence-electron chi connectivity index (χ3n) is 5.71. The lowest BCUT2D eigenvalue weighted by Gasteiger charge is -2.34. The first-order chi connectivity index (χ1) is 15.3. The summed E-state index contributed by atoms with van der Waals surface area (Å²) >= 11 is 1.81. The number of aromatic nitrogens is 1. The fourth-order valence-corrected chi connectivity index (χ4v) is 4.68. The number of hydrogen-bond donors (Lipinski definition) is 2. The van der Waals surface area contributed by atoms with Gasteiger partial charge in [0.15, 0.2) is 5.96 Å². The molecule has 0 atom stereocenters. The number of thiazole rings is 1. The van der Waals surface area contributed by atoms with Gasteiger partial charge in [-0.25, -0.2) is 4.98 Å². The molecule has 1 aliphatic heterocycles. The average molecular weight is 443 g/mol. The van der Waals surface area contributed by atoms with Crippen LogP contribution in [0.2, 0.25) is 0 Å². The summed E-state index contributed by atoms with van der Waals surface area (Å²) < 4.78 is 0. The van der Waals surface area contributed by atoms with E-state index in [1.54, 1.807) is 0 Å². The molecule has 0 aliphatic carbocycles. The van der Waals surface area contributed by atoms with Crippen molar-refractivity contribution in [2.24, 2.45) is 4.99 Å². The van der Waals surface area contributed by atoms with Crippen LogP contribution in [0.4, 0.5) is 0 Å². The van der Waals surface area contributed by atoms with Gasteiger partial charge in [-0.15, -0.1) is 11.3 Å². The number of nitrogens with one attached hydrogen (secondary N) is 2. The lowest BCUT2D eigenvalue weighted by molar-refractivity contribution is 0.126. The first-order valence-electron chi connectivity index (χ1n) is 11.6. The molecule has 0 spiro atoms. The maximum atomic E-state index is 4.48. The van der Waals surface area contributed by atoms with Gasteiger partial charge in [0, 0.05) is 70.4 Å². The Bertz CT molecular complexity index is 767. The third kappa shape index (κ3) is 8.59. The highest BCUT2D eigenvalue weighted by Crippen LogP contribution is 2.13. The number of nitrogens with zero attached hydrogens (tertiary/aromatic N) is 4. The minimum Gasteiger partial charge on any atom is -0.356 e. The molecule has 0 amide bonds. The fraction of sp³-hybridized carbons (Fsp3) is 0.583. The van der Waals surface area contributed by atoms with Crippen molar-refractivity contribution in [1.29, 1.82) is 0 Å². The van der Waals surface area contributed by atoms with Crippen molar-refractivity contribution in [2.45, 2.75) is 39.2 Å². The predicted molar refractivity (Wildman–Crippen MR) is 132 cm³/mol. The summed E-state index contributed by atoms with van der Waals surface area (Å²) in [6.07, 6.45) is 6.40. The van der Waals surface area contributed by atoms with Crippen LogP contribution in [0.3, 0.4) is 0 Å². The molecule has 1 fully saturated rings. The molecule has 0 radical (unpaired) electrons. The minimum absolute atomic E-state index is 0.865. The average Bonchev–Trinajstić information content (AvgIpc) is 3.27. The largest absolute Gasteiger partial charge is 0.356 e. The third-order valence-corrected chi connectivity index (χ3v) is 6.91. The molecule has 1 saturated heterocycles. The van der Waals surface area contributed by atoms with Crippen molar-refractivity contribution >= 4 is 17.3 Å². The molecule has 1 aromatic carbocycles. The highest BCUT2D eigenvalue weighted by atomic mass is 32.1. The van der Waals surface area contributed by atoms with Crippen molar-refractivity contribution in [3.05, 3.63) is 52.0 Å². The number of aryl methyl sites for hydroxylation is 1. The van der Waals surface area contributed by atoms with Gasteiger partial charge in [-0.1, -0.05) is 37.3 Å². The molecule has 1 aliphatic rings. The monoisotopic (exact) mass is 442 g/mol. The van der Waals surface area contributed by atoms with Crippen LogP contribution in [0.15, 0.2) is 41.5 Å². The van der Waals surface area contributed by atoms with Gasteiger partial charge in [-0.3, -0.25) is 9.89 Å². The molecule has 31 heavy (non-hydrogen) atoms. The lowest BCUT2D eigenvalue weighted by atomic mass is 10.2. The maximum absolute atomic E-state index is 4.48. The molecule has 7 heteroatoms. The van der Waals surface area contributed by atoms with E-state index in [-0.39, 0.29) is 0 Å². The van der Waals surface area contributed by atoms with E-state index in [9.17, 15) is 0 Å². The summed E-state index contributed by atoms with van der Waals surface area (Å²) in [6.45, 7) is 11.0. The van der Waals surface area contributed by atoms with Gasteiger partial charge in [0.1, 0.15) is 0 Å². The van der Waals surface area contributed by atoms with Gasteiger partial charge in [0.2, 0.25) is 0 Å². The molecular weight excluding hydrogens is 404 g/mol. The smallest absolute Gasteiger partial charge is 0.190 e. The Hall–Kier alpha value is -1.96. The minimum atomic E-state index is 0.865. The standard InChI is InChI=1S/C24H38N6S/c1-3-22-19-28-23(31-22)11-13-27-24(25-2)26-12-7-8-14-29-15-17-30(18-16-29)20-21-9-5-4-6-10-21/h4-6,9-10,19H,3,7-8,11-18,20H2,1-2H3,(H2,25,26,27).